The van der Waals surface area contributed by atoms with E-state index in [1.54, 1.807) is 0 Å². The van der Waals surface area contributed by atoms with Gasteiger partial charge in [0, 0.05) is 16.6 Å². The van der Waals surface area contributed by atoms with Crippen LogP contribution < -0.4 is 0 Å². The molecule has 2 saturated heterocycles. The Morgan fingerprint density at radius 1 is 1.42 bits per heavy atom. The Labute approximate surface area is 127 Å². The second-order valence-corrected chi connectivity index (χ2v) is 6.98. The van der Waals surface area contributed by atoms with E-state index in [0.29, 0.717) is 12.1 Å². The van der Waals surface area contributed by atoms with Crippen molar-refractivity contribution in [3.63, 3.8) is 0 Å². The molecule has 19 heavy (non-hydrogen) atoms. The molecule has 0 spiro atoms. The summed E-state index contributed by atoms with van der Waals surface area (Å²) in [6.07, 6.45) is 3.31. The number of piperidine rings is 1. The van der Waals surface area contributed by atoms with Crippen molar-refractivity contribution in [2.45, 2.75) is 37.3 Å². The van der Waals surface area contributed by atoms with Gasteiger partial charge in [0.15, 0.2) is 0 Å². The first-order valence-corrected chi connectivity index (χ1v) is 7.92. The minimum atomic E-state index is -0.179. The molecule has 0 saturated carbocycles. The molecule has 0 N–H and O–H groups in total. The third-order valence-corrected chi connectivity index (χ3v) is 5.55. The highest BCUT2D eigenvalue weighted by Gasteiger charge is 2.48. The second kappa shape index (κ2) is 5.19. The molecule has 4 heteroatoms. The summed E-state index contributed by atoms with van der Waals surface area (Å²) in [7, 11) is 2.13. The summed E-state index contributed by atoms with van der Waals surface area (Å²) in [6.45, 7) is 0. The lowest BCUT2D eigenvalue weighted by molar-refractivity contribution is -0.119. The highest BCUT2D eigenvalue weighted by atomic mass is 79.9. The summed E-state index contributed by atoms with van der Waals surface area (Å²) in [5, 5.41) is -0.179. The molecule has 1 aromatic rings. The molecule has 2 heterocycles. The van der Waals surface area contributed by atoms with E-state index >= 15 is 0 Å². The fourth-order valence-electron chi connectivity index (χ4n) is 3.86. The largest absolute Gasteiger partial charge is 0.300 e. The van der Waals surface area contributed by atoms with Gasteiger partial charge < -0.3 is 0 Å². The molecule has 0 unspecified atom stereocenters. The molecular weight excluding hydrogens is 326 g/mol. The van der Waals surface area contributed by atoms with Crippen LogP contribution in [0.25, 0.3) is 0 Å². The van der Waals surface area contributed by atoms with Crippen molar-refractivity contribution in [2.24, 2.45) is 5.92 Å². The molecule has 102 valence electrons. The van der Waals surface area contributed by atoms with Crippen LogP contribution in [0.15, 0.2) is 28.7 Å². The minimum Gasteiger partial charge on any atom is -0.300 e. The van der Waals surface area contributed by atoms with Gasteiger partial charge in [0.25, 0.3) is 0 Å². The molecule has 1 aromatic carbocycles. The first kappa shape index (κ1) is 13.6. The molecule has 0 amide bonds. The number of carbonyl (C=O) groups excluding carboxylic acids is 1. The first-order chi connectivity index (χ1) is 9.08. The maximum Gasteiger partial charge on any atom is 0.226 e. The zero-order valence-electron chi connectivity index (χ0n) is 10.9. The predicted molar refractivity (Wildman–Crippen MR) is 80.4 cm³/mol. The van der Waals surface area contributed by atoms with Crippen LogP contribution >= 0.6 is 27.5 Å². The Balaban J connectivity index is 1.98. The van der Waals surface area contributed by atoms with E-state index in [2.05, 4.69) is 40.0 Å². The van der Waals surface area contributed by atoms with Crippen LogP contribution in [-0.2, 0) is 4.79 Å². The highest BCUT2D eigenvalue weighted by molar-refractivity contribution is 9.10. The number of hydrogen-bond acceptors (Lipinski definition) is 2. The summed E-state index contributed by atoms with van der Waals surface area (Å²) in [4.78, 5) is 14.3. The maximum atomic E-state index is 11.9. The van der Waals surface area contributed by atoms with Gasteiger partial charge in [0.05, 0.1) is 5.92 Å². The number of rotatable bonds is 2. The lowest BCUT2D eigenvalue weighted by Gasteiger charge is -2.41. The van der Waals surface area contributed by atoms with Crippen molar-refractivity contribution in [3.8, 4) is 0 Å². The topological polar surface area (TPSA) is 20.3 Å². The van der Waals surface area contributed by atoms with Gasteiger partial charge in [-0.25, -0.2) is 0 Å². The summed E-state index contributed by atoms with van der Waals surface area (Å²) in [5.41, 5.74) is 1.23. The van der Waals surface area contributed by atoms with E-state index in [0.717, 1.165) is 17.3 Å². The number of benzene rings is 1. The summed E-state index contributed by atoms with van der Waals surface area (Å²) >= 11 is 9.44. The van der Waals surface area contributed by atoms with Crippen LogP contribution in [0.5, 0.6) is 0 Å². The highest BCUT2D eigenvalue weighted by Crippen LogP contribution is 2.47. The molecule has 2 aliphatic rings. The molecule has 4 atom stereocenters. The summed E-state index contributed by atoms with van der Waals surface area (Å²) < 4.78 is 1.07. The molecule has 2 aliphatic heterocycles. The second-order valence-electron chi connectivity index (χ2n) is 5.69. The third-order valence-electron chi connectivity index (χ3n) is 4.81. The SMILES string of the molecule is CN1[C@H]2CC[C@@H]1[C@@H](C(=O)Cl)[C@@H](c1cccc(Br)c1)C2. The van der Waals surface area contributed by atoms with Crippen LogP contribution in [0.1, 0.15) is 30.7 Å². The van der Waals surface area contributed by atoms with Gasteiger partial charge in [0.1, 0.15) is 0 Å². The van der Waals surface area contributed by atoms with Gasteiger partial charge in [-0.05, 0) is 61.5 Å². The van der Waals surface area contributed by atoms with E-state index < -0.39 is 0 Å². The fourth-order valence-corrected chi connectivity index (χ4v) is 4.57. The zero-order chi connectivity index (χ0) is 13.6. The maximum absolute atomic E-state index is 11.9. The molecule has 0 aromatic heterocycles. The molecule has 0 aliphatic carbocycles. The van der Waals surface area contributed by atoms with Gasteiger partial charge in [-0.3, -0.25) is 9.69 Å². The van der Waals surface area contributed by atoms with E-state index in [4.69, 9.17) is 11.6 Å². The lowest BCUT2D eigenvalue weighted by atomic mass is 9.77. The Hall–Kier alpha value is -0.380. The average molecular weight is 343 g/mol. The minimum absolute atomic E-state index is 0.0697. The normalized spacial score (nSPS) is 34.5. The standard InChI is InChI=1S/C15H17BrClNO/c1-18-11-5-6-13(18)14(15(17)19)12(8-11)9-3-2-4-10(16)7-9/h2-4,7,11-14H,5-6,8H2,1H3/t11-,12+,13+,14-/m0/s1. The Bertz CT molecular complexity index is 507. The molecule has 3 rings (SSSR count). The lowest BCUT2D eigenvalue weighted by Crippen LogP contribution is -2.47. The third kappa shape index (κ3) is 2.37. The van der Waals surface area contributed by atoms with Crippen LogP contribution in [0.2, 0.25) is 0 Å². The quantitative estimate of drug-likeness (QED) is 0.762. The number of carbonyl (C=O) groups is 1. The van der Waals surface area contributed by atoms with Crippen molar-refractivity contribution < 1.29 is 4.79 Å². The van der Waals surface area contributed by atoms with E-state index in [1.165, 1.54) is 12.0 Å². The summed E-state index contributed by atoms with van der Waals surface area (Å²) in [6, 6.07) is 9.21. The smallest absolute Gasteiger partial charge is 0.226 e. The van der Waals surface area contributed by atoms with E-state index in [1.807, 2.05) is 12.1 Å². The monoisotopic (exact) mass is 341 g/mol. The number of halogens is 2. The number of hydrogen-bond donors (Lipinski definition) is 0. The molecule has 2 bridgehead atoms. The van der Waals surface area contributed by atoms with Crippen molar-refractivity contribution in [2.75, 3.05) is 7.05 Å². The van der Waals surface area contributed by atoms with Crippen LogP contribution in [0, 0.1) is 5.92 Å². The van der Waals surface area contributed by atoms with Crippen molar-refractivity contribution in [1.82, 2.24) is 4.90 Å². The van der Waals surface area contributed by atoms with Crippen molar-refractivity contribution in [1.29, 1.82) is 0 Å². The van der Waals surface area contributed by atoms with Crippen LogP contribution in [-0.4, -0.2) is 29.3 Å². The van der Waals surface area contributed by atoms with E-state index in [9.17, 15) is 4.79 Å². The number of nitrogens with zero attached hydrogens (tertiary/aromatic N) is 1. The van der Waals surface area contributed by atoms with E-state index in [-0.39, 0.29) is 17.1 Å². The Morgan fingerprint density at radius 3 is 2.89 bits per heavy atom. The van der Waals surface area contributed by atoms with Crippen molar-refractivity contribution in [3.05, 3.63) is 34.3 Å². The van der Waals surface area contributed by atoms with Gasteiger partial charge in [-0.2, -0.15) is 0 Å². The first-order valence-electron chi connectivity index (χ1n) is 6.74. The predicted octanol–water partition coefficient (Wildman–Crippen LogP) is 3.78. The summed E-state index contributed by atoms with van der Waals surface area (Å²) in [5.74, 6) is 0.191. The molecule has 0 radical (unpaired) electrons. The van der Waals surface area contributed by atoms with Gasteiger partial charge in [-0.15, -0.1) is 0 Å². The fraction of sp³-hybridized carbons (Fsp3) is 0.533. The molecule has 2 nitrogen and oxygen atoms in total. The number of fused-ring (bicyclic) bond motifs is 2. The van der Waals surface area contributed by atoms with Gasteiger partial charge in [0.2, 0.25) is 5.24 Å². The van der Waals surface area contributed by atoms with Crippen LogP contribution in [0.3, 0.4) is 0 Å². The molecule has 2 fully saturated rings. The van der Waals surface area contributed by atoms with Crippen LogP contribution in [0.4, 0.5) is 0 Å². The Kier molecular flexibility index (Phi) is 3.71. The zero-order valence-corrected chi connectivity index (χ0v) is 13.2. The van der Waals surface area contributed by atoms with Gasteiger partial charge in [-0.1, -0.05) is 28.1 Å². The average Bonchev–Trinajstić information content (AvgIpc) is 2.62. The molecular formula is C15H17BrClNO. The van der Waals surface area contributed by atoms with Gasteiger partial charge >= 0.3 is 0 Å². The van der Waals surface area contributed by atoms with Crippen molar-refractivity contribution >= 4 is 32.8 Å². The Morgan fingerprint density at radius 2 is 2.21 bits per heavy atom.